The first kappa shape index (κ1) is 11.5. The highest BCUT2D eigenvalue weighted by Gasteiger charge is 2.18. The summed E-state index contributed by atoms with van der Waals surface area (Å²) in [6.45, 7) is 1.50. The van der Waals surface area contributed by atoms with Crippen LogP contribution in [0.2, 0.25) is 0 Å². The van der Waals surface area contributed by atoms with Gasteiger partial charge in [0.2, 0.25) is 0 Å². The molecule has 1 aromatic carbocycles. The van der Waals surface area contributed by atoms with Crippen LogP contribution in [0.1, 0.15) is 16.7 Å². The van der Waals surface area contributed by atoms with Crippen molar-refractivity contribution in [2.24, 2.45) is 0 Å². The summed E-state index contributed by atoms with van der Waals surface area (Å²) in [6, 6.07) is 6.07. The zero-order chi connectivity index (χ0) is 11.6. The van der Waals surface area contributed by atoms with Gasteiger partial charge in [-0.1, -0.05) is 0 Å². The molecular formula is C9H5ClN2O2S. The van der Waals surface area contributed by atoms with E-state index in [1.165, 1.54) is 13.0 Å². The van der Waals surface area contributed by atoms with Gasteiger partial charge in [-0.25, -0.2) is 8.42 Å². The Kier molecular flexibility index (Phi) is 2.99. The molecule has 6 heteroatoms. The van der Waals surface area contributed by atoms with Gasteiger partial charge < -0.3 is 0 Å². The number of halogens is 1. The van der Waals surface area contributed by atoms with Crippen LogP contribution in [-0.2, 0) is 9.05 Å². The fraction of sp³-hybridized carbons (Fsp3) is 0.111. The molecule has 15 heavy (non-hydrogen) atoms. The van der Waals surface area contributed by atoms with Gasteiger partial charge in [-0.05, 0) is 24.6 Å². The van der Waals surface area contributed by atoms with Crippen molar-refractivity contribution in [1.29, 1.82) is 10.5 Å². The average Bonchev–Trinajstić information content (AvgIpc) is 2.15. The Balaban J connectivity index is 3.71. The largest absolute Gasteiger partial charge is 0.262 e. The van der Waals surface area contributed by atoms with Gasteiger partial charge in [0.05, 0.1) is 17.2 Å². The summed E-state index contributed by atoms with van der Waals surface area (Å²) in [5.41, 5.74) is 0.501. The molecule has 0 spiro atoms. The molecule has 76 valence electrons. The minimum atomic E-state index is -3.95. The average molecular weight is 241 g/mol. The molecule has 0 aliphatic carbocycles. The molecule has 0 fully saturated rings. The van der Waals surface area contributed by atoms with E-state index in [1.807, 2.05) is 6.07 Å². The molecule has 0 bridgehead atoms. The molecule has 0 heterocycles. The van der Waals surface area contributed by atoms with E-state index in [4.69, 9.17) is 21.2 Å². The number of benzene rings is 1. The van der Waals surface area contributed by atoms with Crippen LogP contribution in [0.3, 0.4) is 0 Å². The zero-order valence-electron chi connectivity index (χ0n) is 7.65. The van der Waals surface area contributed by atoms with Crippen molar-refractivity contribution in [1.82, 2.24) is 0 Å². The van der Waals surface area contributed by atoms with E-state index in [0.717, 1.165) is 6.07 Å². The lowest BCUT2D eigenvalue weighted by Crippen LogP contribution is -1.99. The number of nitrogens with zero attached hydrogens (tertiary/aromatic N) is 2. The van der Waals surface area contributed by atoms with Crippen molar-refractivity contribution in [2.45, 2.75) is 11.8 Å². The Hall–Kier alpha value is -1.56. The lowest BCUT2D eigenvalue weighted by atomic mass is 10.0. The highest BCUT2D eigenvalue weighted by Crippen LogP contribution is 2.24. The van der Waals surface area contributed by atoms with E-state index in [2.05, 4.69) is 0 Å². The summed E-state index contributed by atoms with van der Waals surface area (Å²) in [5.74, 6) is 0. The van der Waals surface area contributed by atoms with Gasteiger partial charge in [0.25, 0.3) is 9.05 Å². The van der Waals surface area contributed by atoms with Crippen molar-refractivity contribution < 1.29 is 8.42 Å². The molecule has 0 aromatic heterocycles. The van der Waals surface area contributed by atoms with Gasteiger partial charge in [-0.15, -0.1) is 0 Å². The van der Waals surface area contributed by atoms with Crippen molar-refractivity contribution in [3.05, 3.63) is 28.8 Å². The van der Waals surface area contributed by atoms with Crippen molar-refractivity contribution in [3.63, 3.8) is 0 Å². The lowest BCUT2D eigenvalue weighted by molar-refractivity contribution is 0.609. The summed E-state index contributed by atoms with van der Waals surface area (Å²) in [7, 11) is 1.20. The molecule has 0 radical (unpaired) electrons. The van der Waals surface area contributed by atoms with Gasteiger partial charge >= 0.3 is 0 Å². The van der Waals surface area contributed by atoms with E-state index >= 15 is 0 Å². The first-order chi connectivity index (χ1) is 6.91. The number of nitriles is 2. The predicted octanol–water partition coefficient (Wildman–Crippen LogP) is 1.67. The SMILES string of the molecule is Cc1c(C#N)ccc(S(=O)(=O)Cl)c1C#N. The van der Waals surface area contributed by atoms with Crippen LogP contribution in [0.4, 0.5) is 0 Å². The molecule has 0 amide bonds. The molecule has 0 atom stereocenters. The quantitative estimate of drug-likeness (QED) is 0.699. The third-order valence-corrected chi connectivity index (χ3v) is 3.29. The molecule has 0 unspecified atom stereocenters. The molecule has 0 aliphatic rings. The number of hydrogen-bond acceptors (Lipinski definition) is 4. The summed E-state index contributed by atoms with van der Waals surface area (Å²) < 4.78 is 22.2. The second-order valence-corrected chi connectivity index (χ2v) is 5.31. The fourth-order valence-corrected chi connectivity index (χ4v) is 2.21. The van der Waals surface area contributed by atoms with Crippen LogP contribution < -0.4 is 0 Å². The van der Waals surface area contributed by atoms with Crippen molar-refractivity contribution in [2.75, 3.05) is 0 Å². The van der Waals surface area contributed by atoms with Crippen LogP contribution in [-0.4, -0.2) is 8.42 Å². The highest BCUT2D eigenvalue weighted by molar-refractivity contribution is 8.13. The molecule has 1 aromatic rings. The number of rotatable bonds is 1. The molecule has 1 rings (SSSR count). The van der Waals surface area contributed by atoms with E-state index in [1.54, 1.807) is 6.07 Å². The van der Waals surface area contributed by atoms with Crippen molar-refractivity contribution in [3.8, 4) is 12.1 Å². The van der Waals surface area contributed by atoms with Crippen LogP contribution in [0.15, 0.2) is 17.0 Å². The maximum atomic E-state index is 11.1. The Morgan fingerprint density at radius 3 is 2.27 bits per heavy atom. The summed E-state index contributed by atoms with van der Waals surface area (Å²) >= 11 is 0. The van der Waals surface area contributed by atoms with E-state index < -0.39 is 9.05 Å². The first-order valence-electron chi connectivity index (χ1n) is 3.80. The summed E-state index contributed by atoms with van der Waals surface area (Å²) in [4.78, 5) is -0.261. The van der Waals surface area contributed by atoms with E-state index in [-0.39, 0.29) is 16.0 Å². The molecule has 0 N–H and O–H groups in total. The standard InChI is InChI=1S/C9H5ClN2O2S/c1-6-7(4-11)2-3-9(8(6)5-12)15(10,13)14/h2-3H,1H3. The van der Waals surface area contributed by atoms with E-state index in [0.29, 0.717) is 5.56 Å². The van der Waals surface area contributed by atoms with Gasteiger partial charge in [0, 0.05) is 10.7 Å². The molecule has 0 saturated heterocycles. The molecule has 0 saturated carbocycles. The Bertz CT molecular complexity index is 594. The smallest absolute Gasteiger partial charge is 0.207 e. The second-order valence-electron chi connectivity index (χ2n) is 2.77. The van der Waals surface area contributed by atoms with Crippen LogP contribution in [0, 0.1) is 29.6 Å². The Labute approximate surface area is 91.7 Å². The van der Waals surface area contributed by atoms with E-state index in [9.17, 15) is 8.42 Å². The minimum absolute atomic E-state index is 0.0796. The van der Waals surface area contributed by atoms with Gasteiger partial charge in [0.15, 0.2) is 0 Å². The Morgan fingerprint density at radius 2 is 1.87 bits per heavy atom. The predicted molar refractivity (Wildman–Crippen MR) is 53.6 cm³/mol. The Morgan fingerprint density at radius 1 is 1.27 bits per heavy atom. The third kappa shape index (κ3) is 2.10. The van der Waals surface area contributed by atoms with Crippen LogP contribution >= 0.6 is 10.7 Å². The number of hydrogen-bond donors (Lipinski definition) is 0. The minimum Gasteiger partial charge on any atom is -0.207 e. The summed E-state index contributed by atoms with van der Waals surface area (Å²) in [6.07, 6.45) is 0. The zero-order valence-corrected chi connectivity index (χ0v) is 9.22. The topological polar surface area (TPSA) is 81.7 Å². The van der Waals surface area contributed by atoms with Crippen LogP contribution in [0.25, 0.3) is 0 Å². The lowest BCUT2D eigenvalue weighted by Gasteiger charge is -2.04. The maximum Gasteiger partial charge on any atom is 0.262 e. The summed E-state index contributed by atoms with van der Waals surface area (Å²) in [5, 5.41) is 17.5. The second kappa shape index (κ2) is 3.90. The third-order valence-electron chi connectivity index (χ3n) is 1.92. The monoisotopic (exact) mass is 240 g/mol. The highest BCUT2D eigenvalue weighted by atomic mass is 35.7. The normalized spacial score (nSPS) is 10.4. The fourth-order valence-electron chi connectivity index (χ4n) is 1.15. The van der Waals surface area contributed by atoms with Gasteiger partial charge in [-0.3, -0.25) is 0 Å². The molecular weight excluding hydrogens is 236 g/mol. The van der Waals surface area contributed by atoms with Crippen LogP contribution in [0.5, 0.6) is 0 Å². The first-order valence-corrected chi connectivity index (χ1v) is 6.11. The maximum absolute atomic E-state index is 11.1. The van der Waals surface area contributed by atoms with Crippen molar-refractivity contribution >= 4 is 19.7 Å². The molecule has 0 aliphatic heterocycles. The molecule has 4 nitrogen and oxygen atoms in total. The van der Waals surface area contributed by atoms with Gasteiger partial charge in [0.1, 0.15) is 11.0 Å². The van der Waals surface area contributed by atoms with Gasteiger partial charge in [-0.2, -0.15) is 10.5 Å².